The number of hydrogen-bond acceptors (Lipinski definition) is 5. The van der Waals surface area contributed by atoms with Crippen LogP contribution in [0.25, 0.3) is 0 Å². The molecule has 0 spiro atoms. The summed E-state index contributed by atoms with van der Waals surface area (Å²) in [6.07, 6.45) is 0. The normalized spacial score (nSPS) is 11.1. The van der Waals surface area contributed by atoms with Gasteiger partial charge in [-0.3, -0.25) is 9.59 Å². The molecule has 1 atom stereocenters. The van der Waals surface area contributed by atoms with Crippen molar-refractivity contribution in [2.24, 2.45) is 0 Å². The van der Waals surface area contributed by atoms with Gasteiger partial charge in [0.1, 0.15) is 11.9 Å². The van der Waals surface area contributed by atoms with Crippen LogP contribution in [0.1, 0.15) is 24.2 Å². The zero-order valence-corrected chi connectivity index (χ0v) is 15.8. The topological polar surface area (TPSA) is 114 Å². The van der Waals surface area contributed by atoms with E-state index >= 15 is 0 Å². The molecule has 0 saturated carbocycles. The molecule has 152 valence electrons. The van der Waals surface area contributed by atoms with E-state index in [0.717, 1.165) is 6.07 Å². The molecule has 0 aliphatic rings. The van der Waals surface area contributed by atoms with Gasteiger partial charge in [-0.05, 0) is 37.3 Å². The molecule has 2 aromatic carbocycles. The van der Waals surface area contributed by atoms with E-state index < -0.39 is 36.2 Å². The molecule has 0 unspecified atom stereocenters. The van der Waals surface area contributed by atoms with Gasteiger partial charge in [0.15, 0.2) is 6.61 Å². The van der Waals surface area contributed by atoms with Crippen molar-refractivity contribution in [2.45, 2.75) is 19.9 Å². The number of amides is 3. The number of esters is 1. The van der Waals surface area contributed by atoms with Crippen LogP contribution >= 0.6 is 0 Å². The average Bonchev–Trinajstić information content (AvgIpc) is 2.66. The van der Waals surface area contributed by atoms with Crippen LogP contribution in [-0.2, 0) is 14.3 Å². The maximum atomic E-state index is 14.0. The number of para-hydroxylation sites is 1. The van der Waals surface area contributed by atoms with E-state index in [-0.39, 0.29) is 17.2 Å². The zero-order valence-electron chi connectivity index (χ0n) is 15.8. The molecule has 0 fully saturated rings. The molecule has 0 bridgehead atoms. The third kappa shape index (κ3) is 6.73. The molecule has 3 amide bonds. The highest BCUT2D eigenvalue weighted by molar-refractivity contribution is 5.99. The number of ketones is 1. The number of halogens is 1. The number of rotatable bonds is 7. The Balaban J connectivity index is 1.85. The number of carbonyl (C=O) groups is 4. The summed E-state index contributed by atoms with van der Waals surface area (Å²) in [6.45, 7) is 1.97. The van der Waals surface area contributed by atoms with Gasteiger partial charge in [0.2, 0.25) is 11.7 Å². The maximum absolute atomic E-state index is 14.0. The molecule has 8 nitrogen and oxygen atoms in total. The number of hydrogen-bond donors (Lipinski definition) is 3. The molecule has 0 radical (unpaired) electrons. The maximum Gasteiger partial charge on any atom is 0.328 e. The summed E-state index contributed by atoms with van der Waals surface area (Å²) in [4.78, 5) is 46.9. The van der Waals surface area contributed by atoms with Gasteiger partial charge < -0.3 is 20.7 Å². The molecule has 3 N–H and O–H groups in total. The van der Waals surface area contributed by atoms with E-state index in [4.69, 9.17) is 4.74 Å². The highest BCUT2D eigenvalue weighted by Gasteiger charge is 2.20. The summed E-state index contributed by atoms with van der Waals surface area (Å²) in [7, 11) is 0. The third-order valence-corrected chi connectivity index (χ3v) is 3.67. The van der Waals surface area contributed by atoms with Gasteiger partial charge in [0, 0.05) is 18.3 Å². The molecular weight excluding hydrogens is 381 g/mol. The highest BCUT2D eigenvalue weighted by atomic mass is 19.1. The van der Waals surface area contributed by atoms with Gasteiger partial charge >= 0.3 is 12.0 Å². The third-order valence-electron chi connectivity index (χ3n) is 3.67. The summed E-state index contributed by atoms with van der Waals surface area (Å²) >= 11 is 0. The van der Waals surface area contributed by atoms with Crippen LogP contribution in [0.5, 0.6) is 0 Å². The van der Waals surface area contributed by atoms with Crippen LogP contribution in [-0.4, -0.2) is 36.3 Å². The van der Waals surface area contributed by atoms with Crippen molar-refractivity contribution in [1.29, 1.82) is 0 Å². The number of ether oxygens (including phenoxy) is 1. The lowest BCUT2D eigenvalue weighted by atomic mass is 10.1. The standard InChI is InChI=1S/C20H20FN3O5/c1-12(22-20(28)24-14-6-4-3-5-7-14)19(27)29-11-18(26)16-9-8-15(10-17(16)21)23-13(2)25/h3-10,12H,11H2,1-2H3,(H,23,25)(H2,22,24,28)/t12-/m0/s1. The minimum atomic E-state index is -1.03. The molecule has 0 heterocycles. The number of benzene rings is 2. The molecule has 0 aliphatic carbocycles. The number of carbonyl (C=O) groups excluding carboxylic acids is 4. The van der Waals surface area contributed by atoms with E-state index in [9.17, 15) is 23.6 Å². The fourth-order valence-corrected chi connectivity index (χ4v) is 2.31. The first kappa shape index (κ1) is 21.5. The van der Waals surface area contributed by atoms with Crippen molar-refractivity contribution in [3.8, 4) is 0 Å². The summed E-state index contributed by atoms with van der Waals surface area (Å²) in [5.41, 5.74) is 0.457. The highest BCUT2D eigenvalue weighted by Crippen LogP contribution is 2.15. The predicted octanol–water partition coefficient (Wildman–Crippen LogP) is 2.72. The molecule has 29 heavy (non-hydrogen) atoms. The van der Waals surface area contributed by atoms with Gasteiger partial charge in [-0.15, -0.1) is 0 Å². The Kier molecular flexibility index (Phi) is 7.41. The fourth-order valence-electron chi connectivity index (χ4n) is 2.31. The largest absolute Gasteiger partial charge is 0.456 e. The summed E-state index contributed by atoms with van der Waals surface area (Å²) in [5, 5.41) is 7.31. The second-order valence-electron chi connectivity index (χ2n) is 6.09. The average molecular weight is 401 g/mol. The first-order valence-corrected chi connectivity index (χ1v) is 8.66. The van der Waals surface area contributed by atoms with E-state index in [1.54, 1.807) is 30.3 Å². The van der Waals surface area contributed by atoms with Gasteiger partial charge in [0.25, 0.3) is 0 Å². The van der Waals surface area contributed by atoms with Gasteiger partial charge in [0.05, 0.1) is 5.56 Å². The molecule has 0 aliphatic heterocycles. The van der Waals surface area contributed by atoms with E-state index in [1.807, 2.05) is 0 Å². The Hall–Kier alpha value is -3.75. The second-order valence-corrected chi connectivity index (χ2v) is 6.09. The van der Waals surface area contributed by atoms with E-state index in [0.29, 0.717) is 5.69 Å². The predicted molar refractivity (Wildman–Crippen MR) is 104 cm³/mol. The lowest BCUT2D eigenvalue weighted by Crippen LogP contribution is -2.42. The smallest absolute Gasteiger partial charge is 0.328 e. The second kappa shape index (κ2) is 9.98. The van der Waals surface area contributed by atoms with Gasteiger partial charge in [-0.2, -0.15) is 0 Å². The van der Waals surface area contributed by atoms with E-state index in [1.165, 1.54) is 26.0 Å². The molecule has 0 aromatic heterocycles. The Bertz CT molecular complexity index is 918. The van der Waals surface area contributed by atoms with E-state index in [2.05, 4.69) is 16.0 Å². The van der Waals surface area contributed by atoms with Crippen molar-refractivity contribution in [2.75, 3.05) is 17.2 Å². The van der Waals surface area contributed by atoms with Crippen LogP contribution in [0, 0.1) is 5.82 Å². The van der Waals surface area contributed by atoms with Crippen molar-refractivity contribution in [3.63, 3.8) is 0 Å². The van der Waals surface area contributed by atoms with Crippen molar-refractivity contribution in [3.05, 3.63) is 59.9 Å². The fraction of sp³-hybridized carbons (Fsp3) is 0.200. The van der Waals surface area contributed by atoms with Crippen LogP contribution < -0.4 is 16.0 Å². The summed E-state index contributed by atoms with van der Waals surface area (Å²) in [5.74, 6) is -2.84. The monoisotopic (exact) mass is 401 g/mol. The number of Topliss-reactive ketones (excluding diaryl/α,β-unsaturated/α-hetero) is 1. The van der Waals surface area contributed by atoms with Crippen molar-refractivity contribution >= 4 is 35.1 Å². The Morgan fingerprint density at radius 2 is 1.69 bits per heavy atom. The SMILES string of the molecule is CC(=O)Nc1ccc(C(=O)COC(=O)[C@H](C)NC(=O)Nc2ccccc2)c(F)c1. The molecule has 9 heteroatoms. The Labute approximate surface area is 166 Å². The number of urea groups is 1. The minimum absolute atomic E-state index is 0.200. The minimum Gasteiger partial charge on any atom is -0.456 e. The van der Waals surface area contributed by atoms with Crippen molar-refractivity contribution < 1.29 is 28.3 Å². The summed E-state index contributed by atoms with van der Waals surface area (Å²) < 4.78 is 18.9. The van der Waals surface area contributed by atoms with Crippen LogP contribution in [0.15, 0.2) is 48.5 Å². The first-order chi connectivity index (χ1) is 13.8. The Morgan fingerprint density at radius 1 is 1.00 bits per heavy atom. The first-order valence-electron chi connectivity index (χ1n) is 8.66. The number of anilines is 2. The van der Waals surface area contributed by atoms with Crippen LogP contribution in [0.4, 0.5) is 20.6 Å². The van der Waals surface area contributed by atoms with Crippen LogP contribution in [0.2, 0.25) is 0 Å². The Morgan fingerprint density at radius 3 is 2.31 bits per heavy atom. The lowest BCUT2D eigenvalue weighted by molar-refractivity contribution is -0.144. The van der Waals surface area contributed by atoms with Crippen molar-refractivity contribution in [1.82, 2.24) is 5.32 Å². The molecule has 2 rings (SSSR count). The molecule has 0 saturated heterocycles. The lowest BCUT2D eigenvalue weighted by Gasteiger charge is -2.14. The number of nitrogens with one attached hydrogen (secondary N) is 3. The zero-order chi connectivity index (χ0) is 21.4. The quantitative estimate of drug-likeness (QED) is 0.488. The van der Waals surface area contributed by atoms with Gasteiger partial charge in [-0.25, -0.2) is 14.0 Å². The molecular formula is C20H20FN3O5. The summed E-state index contributed by atoms with van der Waals surface area (Å²) in [6, 6.07) is 10.5. The van der Waals surface area contributed by atoms with Crippen LogP contribution in [0.3, 0.4) is 0 Å². The van der Waals surface area contributed by atoms with Gasteiger partial charge in [-0.1, -0.05) is 18.2 Å². The molecule has 2 aromatic rings.